The Labute approximate surface area is 109 Å². The van der Waals surface area contributed by atoms with E-state index >= 15 is 0 Å². The SMILES string of the molecule is [2H]N(C(=O)OC(C)(C)C)[C@H]([C]=O)Cc1ccccc1. The third-order valence-electron chi connectivity index (χ3n) is 2.06. The number of rotatable bonds is 4. The van der Waals surface area contributed by atoms with Crippen molar-refractivity contribution in [3.63, 3.8) is 0 Å². The molecule has 4 nitrogen and oxygen atoms in total. The van der Waals surface area contributed by atoms with Crippen LogP contribution in [0.2, 0.25) is 1.41 Å². The zero-order chi connectivity index (χ0) is 14.5. The van der Waals surface area contributed by atoms with Crippen LogP contribution in [0.15, 0.2) is 30.3 Å². The summed E-state index contributed by atoms with van der Waals surface area (Å²) in [5.41, 5.74) is 0.160. The first-order valence-electron chi connectivity index (χ1n) is 6.21. The number of amides is 1. The number of alkyl carbamates (subject to hydrolysis) is 1. The van der Waals surface area contributed by atoms with Crippen molar-refractivity contribution in [2.24, 2.45) is 0 Å². The first-order chi connectivity index (χ1) is 8.83. The van der Waals surface area contributed by atoms with Gasteiger partial charge in [0, 0.05) is 6.42 Å². The van der Waals surface area contributed by atoms with Gasteiger partial charge >= 0.3 is 6.09 Å². The molecule has 0 unspecified atom stereocenters. The molecule has 0 saturated heterocycles. The van der Waals surface area contributed by atoms with E-state index in [4.69, 9.17) is 6.15 Å². The summed E-state index contributed by atoms with van der Waals surface area (Å²) in [7, 11) is 0. The highest BCUT2D eigenvalue weighted by Crippen LogP contribution is 2.07. The lowest BCUT2D eigenvalue weighted by atomic mass is 10.1. The smallest absolute Gasteiger partial charge is 0.408 e. The molecule has 0 aliphatic carbocycles. The maximum absolute atomic E-state index is 11.7. The van der Waals surface area contributed by atoms with Gasteiger partial charge in [-0.2, -0.15) is 0 Å². The van der Waals surface area contributed by atoms with Crippen molar-refractivity contribution in [3.05, 3.63) is 35.9 Å². The minimum Gasteiger partial charge on any atom is -0.444 e. The summed E-state index contributed by atoms with van der Waals surface area (Å²) in [6.45, 7) is 5.11. The summed E-state index contributed by atoms with van der Waals surface area (Å²) in [5.74, 6) is 0. The van der Waals surface area contributed by atoms with Gasteiger partial charge in [0.1, 0.15) is 11.6 Å². The van der Waals surface area contributed by atoms with Crippen LogP contribution >= 0.6 is 0 Å². The maximum Gasteiger partial charge on any atom is 0.408 e. The van der Waals surface area contributed by atoms with E-state index in [1.54, 1.807) is 27.1 Å². The number of hydrogen-bond donors (Lipinski definition) is 1. The standard InChI is InChI=1S/C14H18NO3/c1-14(2,3)18-13(17)15-12(10-16)9-11-7-5-4-6-8-11/h4-8,12H,9H2,1-3H3,(H,15,17)/t12-/m0/s1/i/hD. The molecular formula is C14H18NO3. The Kier molecular flexibility index (Phi) is 4.34. The number of carbonyl (C=O) groups excluding carboxylic acids is 2. The average molecular weight is 249 g/mol. The topological polar surface area (TPSA) is 55.4 Å². The molecule has 1 aromatic rings. The average Bonchev–Trinajstić information content (AvgIpc) is 2.34. The van der Waals surface area contributed by atoms with Crippen LogP contribution in [0.3, 0.4) is 0 Å². The van der Waals surface area contributed by atoms with Crippen LogP contribution in [0.1, 0.15) is 26.3 Å². The van der Waals surface area contributed by atoms with Crippen molar-refractivity contribution in [1.29, 1.82) is 0 Å². The quantitative estimate of drug-likeness (QED) is 0.890. The predicted molar refractivity (Wildman–Crippen MR) is 69.0 cm³/mol. The Balaban J connectivity index is 2.69. The summed E-state index contributed by atoms with van der Waals surface area (Å²) in [6, 6.07) is 8.20. The molecule has 0 aliphatic rings. The Hall–Kier alpha value is -1.84. The molecule has 4 heteroatoms. The first-order valence-corrected chi connectivity index (χ1v) is 5.76. The van der Waals surface area contributed by atoms with Crippen molar-refractivity contribution in [1.82, 2.24) is 5.31 Å². The summed E-state index contributed by atoms with van der Waals surface area (Å²) < 4.78 is 12.7. The molecule has 0 fully saturated rings. The number of ether oxygens (including phenoxy) is 1. The number of hydrogen-bond acceptors (Lipinski definition) is 3. The maximum atomic E-state index is 11.7. The highest BCUT2D eigenvalue weighted by molar-refractivity contribution is 5.73. The van der Waals surface area contributed by atoms with E-state index in [0.717, 1.165) is 5.56 Å². The number of benzene rings is 1. The Morgan fingerprint density at radius 3 is 2.56 bits per heavy atom. The highest BCUT2D eigenvalue weighted by Gasteiger charge is 2.19. The van der Waals surface area contributed by atoms with E-state index in [1.165, 1.54) is 0 Å². The molecule has 1 amide bonds. The van der Waals surface area contributed by atoms with Crippen LogP contribution in [0.5, 0.6) is 0 Å². The monoisotopic (exact) mass is 249 g/mol. The Morgan fingerprint density at radius 1 is 1.44 bits per heavy atom. The minimum atomic E-state index is -0.975. The van der Waals surface area contributed by atoms with Gasteiger partial charge in [-0.05, 0) is 26.3 Å². The fraction of sp³-hybridized carbons (Fsp3) is 0.429. The van der Waals surface area contributed by atoms with Gasteiger partial charge in [-0.1, -0.05) is 30.3 Å². The van der Waals surface area contributed by atoms with E-state index in [2.05, 4.69) is 0 Å². The lowest BCUT2D eigenvalue weighted by Gasteiger charge is -2.21. The number of carbonyl (C=O) groups is 1. The summed E-state index contributed by atoms with van der Waals surface area (Å²) in [5, 5.41) is 0.533. The van der Waals surface area contributed by atoms with E-state index in [9.17, 15) is 9.59 Å². The van der Waals surface area contributed by atoms with Gasteiger partial charge in [-0.3, -0.25) is 4.79 Å². The molecule has 97 valence electrons. The molecule has 1 N–H and O–H groups in total. The molecule has 0 bridgehead atoms. The van der Waals surface area contributed by atoms with Gasteiger partial charge in [0.05, 0.1) is 0 Å². The molecule has 1 atom stereocenters. The first kappa shape index (κ1) is 12.6. The van der Waals surface area contributed by atoms with Gasteiger partial charge in [-0.25, -0.2) is 4.79 Å². The fourth-order valence-electron chi connectivity index (χ4n) is 1.37. The van der Waals surface area contributed by atoms with Crippen molar-refractivity contribution < 1.29 is 15.7 Å². The molecule has 1 aromatic carbocycles. The van der Waals surface area contributed by atoms with Gasteiger partial charge < -0.3 is 10.0 Å². The van der Waals surface area contributed by atoms with Gasteiger partial charge in [0.2, 0.25) is 6.29 Å². The van der Waals surface area contributed by atoms with Crippen LogP contribution in [-0.2, 0) is 16.0 Å². The highest BCUT2D eigenvalue weighted by atomic mass is 16.6. The lowest BCUT2D eigenvalue weighted by molar-refractivity contribution is 0.0517. The Bertz CT molecular complexity index is 428. The molecule has 0 saturated carbocycles. The second-order valence-electron chi connectivity index (χ2n) is 4.93. The lowest BCUT2D eigenvalue weighted by Crippen LogP contribution is -2.41. The minimum absolute atomic E-state index is 0.243. The van der Waals surface area contributed by atoms with Gasteiger partial charge in [0.15, 0.2) is 1.41 Å². The molecule has 0 aromatic heterocycles. The van der Waals surface area contributed by atoms with Gasteiger partial charge in [-0.15, -0.1) is 0 Å². The zero-order valence-corrected chi connectivity index (χ0v) is 10.8. The summed E-state index contributed by atoms with van der Waals surface area (Å²) in [6.07, 6.45) is 1.10. The van der Waals surface area contributed by atoms with E-state index < -0.39 is 17.7 Å². The Morgan fingerprint density at radius 2 is 2.06 bits per heavy atom. The fourth-order valence-corrected chi connectivity index (χ4v) is 1.37. The van der Waals surface area contributed by atoms with Gasteiger partial charge in [0.25, 0.3) is 0 Å². The molecule has 0 heterocycles. The molecule has 0 aliphatic heterocycles. The third-order valence-corrected chi connectivity index (χ3v) is 2.06. The van der Waals surface area contributed by atoms with Crippen molar-refractivity contribution >= 4 is 12.4 Å². The second kappa shape index (κ2) is 6.19. The predicted octanol–water partition coefficient (Wildman–Crippen LogP) is 2.23. The normalized spacial score (nSPS) is 13.4. The van der Waals surface area contributed by atoms with Crippen LogP contribution in [0.4, 0.5) is 4.79 Å². The van der Waals surface area contributed by atoms with E-state index in [1.807, 2.05) is 30.3 Å². The largest absolute Gasteiger partial charge is 0.444 e. The van der Waals surface area contributed by atoms with Crippen LogP contribution in [0, 0.1) is 0 Å². The second-order valence-corrected chi connectivity index (χ2v) is 4.93. The van der Waals surface area contributed by atoms with Crippen LogP contribution < -0.4 is 5.31 Å². The van der Waals surface area contributed by atoms with Crippen molar-refractivity contribution in [2.75, 3.05) is 0 Å². The molecular weight excluding hydrogens is 230 g/mol. The van der Waals surface area contributed by atoms with Crippen molar-refractivity contribution in [2.45, 2.75) is 38.8 Å². The van der Waals surface area contributed by atoms with Crippen LogP contribution in [-0.4, -0.2) is 24.0 Å². The summed E-state index contributed by atoms with van der Waals surface area (Å²) in [4.78, 5) is 22.6. The molecule has 1 rings (SSSR count). The van der Waals surface area contributed by atoms with Crippen LogP contribution in [0.25, 0.3) is 0 Å². The molecule has 0 spiro atoms. The third kappa shape index (κ3) is 5.48. The zero-order valence-electron chi connectivity index (χ0n) is 11.8. The van der Waals surface area contributed by atoms with E-state index in [0.29, 0.717) is 5.31 Å². The summed E-state index contributed by atoms with van der Waals surface area (Å²) >= 11 is 0. The number of nitrogens with one attached hydrogen (secondary N) is 1. The van der Waals surface area contributed by atoms with Crippen molar-refractivity contribution in [3.8, 4) is 0 Å². The molecule has 18 heavy (non-hydrogen) atoms. The van der Waals surface area contributed by atoms with E-state index in [-0.39, 0.29) is 6.42 Å². The molecule has 1 radical (unpaired) electrons.